The van der Waals surface area contributed by atoms with Crippen LogP contribution in [0.3, 0.4) is 0 Å². The first kappa shape index (κ1) is 9.06. The van der Waals surface area contributed by atoms with E-state index < -0.39 is 6.09 Å². The predicted octanol–water partition coefficient (Wildman–Crippen LogP) is 0.886. The molecule has 1 aliphatic heterocycles. The van der Waals surface area contributed by atoms with Gasteiger partial charge in [0.25, 0.3) is 0 Å². The molecule has 64 valence electrons. The first-order valence-corrected chi connectivity index (χ1v) is 4.97. The number of carbonyl (C=O) groups is 1. The van der Waals surface area contributed by atoms with Crippen LogP contribution in [0.2, 0.25) is 0 Å². The lowest BCUT2D eigenvalue weighted by molar-refractivity contribution is 0.157. The molecule has 2 N–H and O–H groups in total. The molecule has 3 nitrogen and oxygen atoms in total. The van der Waals surface area contributed by atoms with Crippen molar-refractivity contribution in [3.63, 3.8) is 0 Å². The van der Waals surface area contributed by atoms with Crippen molar-refractivity contribution in [2.24, 2.45) is 5.73 Å². The van der Waals surface area contributed by atoms with Crippen molar-refractivity contribution in [3.05, 3.63) is 0 Å². The highest BCUT2D eigenvalue weighted by molar-refractivity contribution is 8.01. The van der Waals surface area contributed by atoms with E-state index in [0.29, 0.717) is 17.1 Å². The Labute approximate surface area is 75.5 Å². The number of hydrogen-bond donors (Lipinski definition) is 2. The Morgan fingerprint density at radius 3 is 3.00 bits per heavy atom. The highest BCUT2D eigenvalue weighted by Gasteiger charge is 2.23. The maximum atomic E-state index is 10.2. The third-order valence-electron chi connectivity index (χ3n) is 1.47. The summed E-state index contributed by atoms with van der Waals surface area (Å²) in [6, 6.07) is 0. The number of thiol groups is 1. The zero-order valence-electron chi connectivity index (χ0n) is 6.03. The number of hydrogen-bond acceptors (Lipinski definition) is 4. The van der Waals surface area contributed by atoms with Crippen LogP contribution < -0.4 is 5.73 Å². The Kier molecular flexibility index (Phi) is 3.39. The molecular formula is C6H11NO2S2. The van der Waals surface area contributed by atoms with Gasteiger partial charge in [0.05, 0.1) is 0 Å². The minimum absolute atomic E-state index is 0.394. The second kappa shape index (κ2) is 4.11. The van der Waals surface area contributed by atoms with Gasteiger partial charge in [0.15, 0.2) is 0 Å². The number of ether oxygens (including phenoxy) is 1. The van der Waals surface area contributed by atoms with Crippen molar-refractivity contribution >= 4 is 30.5 Å². The highest BCUT2D eigenvalue weighted by Crippen LogP contribution is 2.29. The van der Waals surface area contributed by atoms with Gasteiger partial charge in [0.1, 0.15) is 6.61 Å². The molecule has 1 heterocycles. The zero-order chi connectivity index (χ0) is 8.27. The molecule has 1 amide bonds. The topological polar surface area (TPSA) is 52.3 Å². The van der Waals surface area contributed by atoms with Crippen molar-refractivity contribution < 1.29 is 9.53 Å². The molecule has 1 aliphatic rings. The zero-order valence-corrected chi connectivity index (χ0v) is 7.74. The number of amides is 1. The van der Waals surface area contributed by atoms with E-state index in [4.69, 9.17) is 5.73 Å². The fraction of sp³-hybridized carbons (Fsp3) is 0.833. The fourth-order valence-corrected chi connectivity index (χ4v) is 2.80. The Morgan fingerprint density at radius 1 is 1.82 bits per heavy atom. The SMILES string of the molecule is NC(=O)OCC1CC(S)CS1. The molecule has 1 rings (SSSR count). The van der Waals surface area contributed by atoms with Crippen LogP contribution >= 0.6 is 24.4 Å². The average molecular weight is 193 g/mol. The highest BCUT2D eigenvalue weighted by atomic mass is 32.2. The largest absolute Gasteiger partial charge is 0.449 e. The summed E-state index contributed by atoms with van der Waals surface area (Å²) >= 11 is 6.09. The second-order valence-corrected chi connectivity index (χ2v) is 4.54. The van der Waals surface area contributed by atoms with E-state index in [1.165, 1.54) is 0 Å². The average Bonchev–Trinajstić information content (AvgIpc) is 2.31. The normalized spacial score (nSPS) is 30.3. The Bertz CT molecular complexity index is 154. The van der Waals surface area contributed by atoms with Gasteiger partial charge in [-0.15, -0.1) is 0 Å². The van der Waals surface area contributed by atoms with Crippen LogP contribution in [0.5, 0.6) is 0 Å². The lowest BCUT2D eigenvalue weighted by Crippen LogP contribution is -2.19. The molecule has 1 fully saturated rings. The van der Waals surface area contributed by atoms with Gasteiger partial charge in [-0.25, -0.2) is 4.79 Å². The van der Waals surface area contributed by atoms with Gasteiger partial charge in [-0.1, -0.05) is 0 Å². The van der Waals surface area contributed by atoms with E-state index in [-0.39, 0.29) is 0 Å². The van der Waals surface area contributed by atoms with Crippen LogP contribution in [0.1, 0.15) is 6.42 Å². The van der Waals surface area contributed by atoms with Crippen LogP contribution in [0.25, 0.3) is 0 Å². The smallest absolute Gasteiger partial charge is 0.404 e. The monoisotopic (exact) mass is 193 g/mol. The first-order chi connectivity index (χ1) is 5.18. The van der Waals surface area contributed by atoms with Crippen molar-refractivity contribution in [2.45, 2.75) is 16.9 Å². The van der Waals surface area contributed by atoms with Gasteiger partial charge < -0.3 is 10.5 Å². The molecular weight excluding hydrogens is 182 g/mol. The standard InChI is InChI=1S/C6H11NO2S2/c7-6(8)9-2-5-1-4(10)3-11-5/h4-5,10H,1-3H2,(H2,7,8). The van der Waals surface area contributed by atoms with Gasteiger partial charge in [-0.3, -0.25) is 0 Å². The summed E-state index contributed by atoms with van der Waals surface area (Å²) in [6.45, 7) is 0.428. The van der Waals surface area contributed by atoms with E-state index in [0.717, 1.165) is 12.2 Å². The Morgan fingerprint density at radius 2 is 2.55 bits per heavy atom. The van der Waals surface area contributed by atoms with E-state index in [9.17, 15) is 4.79 Å². The molecule has 2 unspecified atom stereocenters. The molecule has 0 aromatic heterocycles. The van der Waals surface area contributed by atoms with Gasteiger partial charge >= 0.3 is 6.09 Å². The van der Waals surface area contributed by atoms with Crippen molar-refractivity contribution in [1.29, 1.82) is 0 Å². The Hall–Kier alpha value is -0.0300. The van der Waals surface area contributed by atoms with E-state index >= 15 is 0 Å². The molecule has 0 aromatic rings. The molecule has 0 aliphatic carbocycles. The summed E-state index contributed by atoms with van der Waals surface area (Å²) in [5, 5.41) is 0.839. The number of carbonyl (C=O) groups excluding carboxylic acids is 1. The lowest BCUT2D eigenvalue weighted by atomic mass is 10.2. The first-order valence-electron chi connectivity index (χ1n) is 3.40. The molecule has 11 heavy (non-hydrogen) atoms. The van der Waals surface area contributed by atoms with Crippen LogP contribution in [-0.2, 0) is 4.74 Å². The van der Waals surface area contributed by atoms with E-state index in [1.54, 1.807) is 11.8 Å². The fourth-order valence-electron chi connectivity index (χ4n) is 0.978. The number of primary amides is 1. The van der Waals surface area contributed by atoms with Crippen molar-refractivity contribution in [2.75, 3.05) is 12.4 Å². The molecule has 2 atom stereocenters. The molecule has 0 spiro atoms. The maximum absolute atomic E-state index is 10.2. The third-order valence-corrected chi connectivity index (χ3v) is 3.51. The maximum Gasteiger partial charge on any atom is 0.404 e. The van der Waals surface area contributed by atoms with Crippen LogP contribution in [0, 0.1) is 0 Å². The molecule has 0 bridgehead atoms. The van der Waals surface area contributed by atoms with Crippen molar-refractivity contribution in [3.8, 4) is 0 Å². The predicted molar refractivity (Wildman–Crippen MR) is 49.2 cm³/mol. The Balaban J connectivity index is 2.13. The minimum Gasteiger partial charge on any atom is -0.449 e. The van der Waals surface area contributed by atoms with Gasteiger partial charge in [-0.2, -0.15) is 24.4 Å². The number of thioether (sulfide) groups is 1. The summed E-state index contributed by atoms with van der Waals surface area (Å²) in [6.07, 6.45) is 0.314. The van der Waals surface area contributed by atoms with Gasteiger partial charge in [0.2, 0.25) is 0 Å². The lowest BCUT2D eigenvalue weighted by Gasteiger charge is -2.06. The molecule has 1 saturated heterocycles. The van der Waals surface area contributed by atoms with Crippen molar-refractivity contribution in [1.82, 2.24) is 0 Å². The van der Waals surface area contributed by atoms with Crippen LogP contribution in [0.15, 0.2) is 0 Å². The van der Waals surface area contributed by atoms with Gasteiger partial charge in [-0.05, 0) is 6.42 Å². The summed E-state index contributed by atoms with van der Waals surface area (Å²) in [4.78, 5) is 10.2. The van der Waals surface area contributed by atoms with Gasteiger partial charge in [0, 0.05) is 16.3 Å². The van der Waals surface area contributed by atoms with Crippen LogP contribution in [-0.4, -0.2) is 29.0 Å². The molecule has 0 radical (unpaired) electrons. The summed E-state index contributed by atoms with van der Waals surface area (Å²) in [5.41, 5.74) is 4.82. The minimum atomic E-state index is -0.687. The summed E-state index contributed by atoms with van der Waals surface area (Å²) in [7, 11) is 0. The third kappa shape index (κ3) is 3.25. The molecule has 0 saturated carbocycles. The second-order valence-electron chi connectivity index (χ2n) is 2.47. The molecule has 0 aromatic carbocycles. The quantitative estimate of drug-likeness (QED) is 0.640. The number of nitrogens with two attached hydrogens (primary N) is 1. The van der Waals surface area contributed by atoms with E-state index in [2.05, 4.69) is 17.4 Å². The molecule has 5 heteroatoms. The summed E-state index contributed by atoms with van der Waals surface area (Å²) < 4.78 is 4.66. The van der Waals surface area contributed by atoms with E-state index in [1.807, 2.05) is 0 Å². The van der Waals surface area contributed by atoms with Crippen LogP contribution in [0.4, 0.5) is 4.79 Å². The summed E-state index contributed by atoms with van der Waals surface area (Å²) in [5.74, 6) is 1.04. The number of rotatable bonds is 2.